The van der Waals surface area contributed by atoms with E-state index < -0.39 is 0 Å². The molecule has 0 aromatic heterocycles. The molecule has 308 valence electrons. The molecule has 66 heavy (non-hydrogen) atoms. The minimum atomic E-state index is 1.19. The molecule has 12 aromatic rings. The predicted octanol–water partition coefficient (Wildman–Crippen LogP) is 18.5. The van der Waals surface area contributed by atoms with Gasteiger partial charge < -0.3 is 0 Å². The Labute approximate surface area is 386 Å². The first-order valence-electron chi connectivity index (χ1n) is 22.8. The van der Waals surface area contributed by atoms with Gasteiger partial charge in [0.05, 0.1) is 0 Å². The highest BCUT2D eigenvalue weighted by molar-refractivity contribution is 6.21. The maximum Gasteiger partial charge on any atom is -0.00262 e. The third-order valence-electron chi connectivity index (χ3n) is 13.3. The highest BCUT2D eigenvalue weighted by atomic mass is 14.2. The maximum atomic E-state index is 2.37. The molecule has 0 spiro atoms. The van der Waals surface area contributed by atoms with Crippen LogP contribution in [0.3, 0.4) is 0 Å². The number of rotatable bonds is 8. The van der Waals surface area contributed by atoms with Gasteiger partial charge in [-0.15, -0.1) is 0 Å². The van der Waals surface area contributed by atoms with Crippen molar-refractivity contribution in [1.29, 1.82) is 0 Å². The van der Waals surface area contributed by atoms with Crippen LogP contribution in [0.25, 0.3) is 121 Å². The van der Waals surface area contributed by atoms with Crippen LogP contribution >= 0.6 is 0 Å². The van der Waals surface area contributed by atoms with Crippen molar-refractivity contribution in [1.82, 2.24) is 0 Å². The van der Waals surface area contributed by atoms with Gasteiger partial charge in [-0.3, -0.25) is 0 Å². The summed E-state index contributed by atoms with van der Waals surface area (Å²) in [6, 6.07) is 97.6. The molecule has 12 rings (SSSR count). The van der Waals surface area contributed by atoms with Crippen LogP contribution in [0.5, 0.6) is 0 Å². The van der Waals surface area contributed by atoms with Gasteiger partial charge in [0.15, 0.2) is 0 Å². The van der Waals surface area contributed by atoms with Gasteiger partial charge in [-0.05, 0) is 152 Å². The van der Waals surface area contributed by atoms with Gasteiger partial charge in [-0.25, -0.2) is 0 Å². The lowest BCUT2D eigenvalue weighted by molar-refractivity contribution is 1.56. The molecule has 0 N–H and O–H groups in total. The van der Waals surface area contributed by atoms with Gasteiger partial charge >= 0.3 is 0 Å². The first kappa shape index (κ1) is 39.0. The smallest absolute Gasteiger partial charge is 0.00262 e. The Morgan fingerprint density at radius 2 is 0.394 bits per heavy atom. The summed E-state index contributed by atoms with van der Waals surface area (Å²) in [7, 11) is 0. The quantitative estimate of drug-likeness (QED) is 0.134. The molecular weight excluding hydrogens is 793 g/mol. The van der Waals surface area contributed by atoms with Crippen molar-refractivity contribution in [3.8, 4) is 89.0 Å². The summed E-state index contributed by atoms with van der Waals surface area (Å²) >= 11 is 0. The standard InChI is InChI=1S/C66H44/c1-2-14-45(15-3-1)52-18-10-19-53(40-52)49-34-30-47(31-35-49)48-32-36-50(37-33-48)54-20-11-21-55(41-54)56-22-12-23-57(42-56)58-24-13-25-59(44-58)65-61-26-6-8-28-63(61)66(64-29-9-7-27-62(64)65)60-39-38-46-16-4-5-17-51(46)43-60/h1-44H. The van der Waals surface area contributed by atoms with E-state index in [1.54, 1.807) is 0 Å². The van der Waals surface area contributed by atoms with Crippen molar-refractivity contribution in [3.05, 3.63) is 267 Å². The summed E-state index contributed by atoms with van der Waals surface area (Å²) in [5.41, 5.74) is 19.5. The molecule has 0 saturated carbocycles. The fourth-order valence-electron chi connectivity index (χ4n) is 9.93. The van der Waals surface area contributed by atoms with Gasteiger partial charge in [-0.2, -0.15) is 0 Å². The SMILES string of the molecule is c1ccc(-c2cccc(-c3ccc(-c4ccc(-c5cccc(-c6cccc(-c7cccc(-c8c9ccccc9c(-c9ccc%10ccccc%10c9)c9ccccc89)c7)c6)c5)cc4)cc3)c2)cc1. The Bertz CT molecular complexity index is 3670. The second-order valence-corrected chi connectivity index (χ2v) is 17.2. The van der Waals surface area contributed by atoms with E-state index in [0.717, 1.165) is 0 Å². The van der Waals surface area contributed by atoms with Crippen molar-refractivity contribution >= 4 is 32.3 Å². The second-order valence-electron chi connectivity index (χ2n) is 17.2. The first-order valence-corrected chi connectivity index (χ1v) is 22.8. The van der Waals surface area contributed by atoms with Crippen molar-refractivity contribution in [2.24, 2.45) is 0 Å². The summed E-state index contributed by atoms with van der Waals surface area (Å²) in [4.78, 5) is 0. The minimum absolute atomic E-state index is 1.19. The van der Waals surface area contributed by atoms with Crippen LogP contribution in [-0.4, -0.2) is 0 Å². The van der Waals surface area contributed by atoms with E-state index in [4.69, 9.17) is 0 Å². The molecular formula is C66H44. The summed E-state index contributed by atoms with van der Waals surface area (Å²) in [5.74, 6) is 0. The summed E-state index contributed by atoms with van der Waals surface area (Å²) in [6.45, 7) is 0. The summed E-state index contributed by atoms with van der Waals surface area (Å²) < 4.78 is 0. The number of hydrogen-bond acceptors (Lipinski definition) is 0. The molecule has 0 saturated heterocycles. The molecule has 0 heteroatoms. The molecule has 0 aliphatic rings. The fraction of sp³-hybridized carbons (Fsp3) is 0. The molecule has 0 fully saturated rings. The first-order chi connectivity index (χ1) is 32.7. The molecule has 12 aromatic carbocycles. The number of fused-ring (bicyclic) bond motifs is 3. The van der Waals surface area contributed by atoms with Crippen LogP contribution in [0.15, 0.2) is 267 Å². The number of benzene rings is 12. The molecule has 0 aliphatic heterocycles. The zero-order valence-electron chi connectivity index (χ0n) is 36.4. The van der Waals surface area contributed by atoms with Crippen LogP contribution in [0.2, 0.25) is 0 Å². The van der Waals surface area contributed by atoms with Gasteiger partial charge in [0, 0.05) is 0 Å². The summed E-state index contributed by atoms with van der Waals surface area (Å²) in [6.07, 6.45) is 0. The Morgan fingerprint density at radius 1 is 0.136 bits per heavy atom. The third kappa shape index (κ3) is 7.35. The van der Waals surface area contributed by atoms with Crippen molar-refractivity contribution < 1.29 is 0 Å². The van der Waals surface area contributed by atoms with Gasteiger partial charge in [0.25, 0.3) is 0 Å². The van der Waals surface area contributed by atoms with Crippen LogP contribution in [0.4, 0.5) is 0 Å². The molecule has 0 unspecified atom stereocenters. The second kappa shape index (κ2) is 16.8. The normalized spacial score (nSPS) is 11.3. The van der Waals surface area contributed by atoms with E-state index in [2.05, 4.69) is 267 Å². The summed E-state index contributed by atoms with van der Waals surface area (Å²) in [5, 5.41) is 7.55. The lowest BCUT2D eigenvalue weighted by Gasteiger charge is -2.18. The van der Waals surface area contributed by atoms with Crippen molar-refractivity contribution in [2.75, 3.05) is 0 Å². The van der Waals surface area contributed by atoms with E-state index in [-0.39, 0.29) is 0 Å². The fourth-order valence-corrected chi connectivity index (χ4v) is 9.93. The zero-order chi connectivity index (χ0) is 43.8. The van der Waals surface area contributed by atoms with Crippen LogP contribution in [0, 0.1) is 0 Å². The highest BCUT2D eigenvalue weighted by Gasteiger charge is 2.17. The van der Waals surface area contributed by atoms with Crippen LogP contribution < -0.4 is 0 Å². The molecule has 0 heterocycles. The average molecular weight is 837 g/mol. The molecule has 0 radical (unpaired) electrons. The van der Waals surface area contributed by atoms with Gasteiger partial charge in [0.2, 0.25) is 0 Å². The average Bonchev–Trinajstić information content (AvgIpc) is 3.40. The van der Waals surface area contributed by atoms with E-state index in [9.17, 15) is 0 Å². The van der Waals surface area contributed by atoms with Crippen LogP contribution in [-0.2, 0) is 0 Å². The van der Waals surface area contributed by atoms with Gasteiger partial charge in [-0.1, -0.05) is 237 Å². The molecule has 0 amide bonds. The largest absolute Gasteiger partial charge is 0.0622 e. The third-order valence-corrected chi connectivity index (χ3v) is 13.3. The maximum absolute atomic E-state index is 2.37. The predicted molar refractivity (Wildman–Crippen MR) is 282 cm³/mol. The molecule has 0 aliphatic carbocycles. The number of hydrogen-bond donors (Lipinski definition) is 0. The Balaban J connectivity index is 0.831. The van der Waals surface area contributed by atoms with E-state index in [1.165, 1.54) is 121 Å². The molecule has 0 bridgehead atoms. The minimum Gasteiger partial charge on any atom is -0.0622 e. The van der Waals surface area contributed by atoms with E-state index >= 15 is 0 Å². The van der Waals surface area contributed by atoms with Gasteiger partial charge in [0.1, 0.15) is 0 Å². The molecule has 0 atom stereocenters. The van der Waals surface area contributed by atoms with Crippen molar-refractivity contribution in [2.45, 2.75) is 0 Å². The lowest BCUT2D eigenvalue weighted by Crippen LogP contribution is -1.91. The highest BCUT2D eigenvalue weighted by Crippen LogP contribution is 2.45. The van der Waals surface area contributed by atoms with Crippen molar-refractivity contribution in [3.63, 3.8) is 0 Å². The van der Waals surface area contributed by atoms with E-state index in [0.29, 0.717) is 0 Å². The van der Waals surface area contributed by atoms with Crippen LogP contribution in [0.1, 0.15) is 0 Å². The lowest BCUT2D eigenvalue weighted by atomic mass is 9.85. The van der Waals surface area contributed by atoms with E-state index in [1.807, 2.05) is 0 Å². The Hall–Kier alpha value is -8.58. The Kier molecular flexibility index (Phi) is 9.97. The zero-order valence-corrected chi connectivity index (χ0v) is 36.4. The topological polar surface area (TPSA) is 0 Å². The monoisotopic (exact) mass is 836 g/mol. The molecule has 0 nitrogen and oxygen atoms in total. The Morgan fingerprint density at radius 3 is 0.818 bits per heavy atom.